The summed E-state index contributed by atoms with van der Waals surface area (Å²) in [5, 5.41) is 3.50. The second-order valence-corrected chi connectivity index (χ2v) is 7.85. The molecular formula is C17H33N5O. The highest BCUT2D eigenvalue weighted by atomic mass is 16.2. The first-order valence-corrected chi connectivity index (χ1v) is 8.65. The van der Waals surface area contributed by atoms with Gasteiger partial charge in [0.05, 0.1) is 0 Å². The SMILES string of the molecule is CN=C(NCCN1CCN(C(C)=O)CC1)N1CC(C)(C)C1(C)C. The molecule has 1 N–H and O–H groups in total. The first-order valence-electron chi connectivity index (χ1n) is 8.65. The van der Waals surface area contributed by atoms with E-state index in [2.05, 4.69) is 47.8 Å². The van der Waals surface area contributed by atoms with Gasteiger partial charge in [0.15, 0.2) is 5.96 Å². The van der Waals surface area contributed by atoms with Crippen LogP contribution in [0, 0.1) is 5.41 Å². The van der Waals surface area contributed by atoms with Crippen LogP contribution in [0.25, 0.3) is 0 Å². The van der Waals surface area contributed by atoms with Gasteiger partial charge in [0.25, 0.3) is 0 Å². The third-order valence-electron chi connectivity index (χ3n) is 5.88. The number of likely N-dealkylation sites (tertiary alicyclic amines) is 1. The molecule has 0 radical (unpaired) electrons. The van der Waals surface area contributed by atoms with Gasteiger partial charge >= 0.3 is 0 Å². The fourth-order valence-corrected chi connectivity index (χ4v) is 3.31. The van der Waals surface area contributed by atoms with Crippen molar-refractivity contribution in [2.45, 2.75) is 40.2 Å². The number of aliphatic imine (C=N–C) groups is 1. The van der Waals surface area contributed by atoms with Crippen molar-refractivity contribution >= 4 is 11.9 Å². The van der Waals surface area contributed by atoms with Gasteiger partial charge in [-0.3, -0.25) is 14.7 Å². The molecule has 2 fully saturated rings. The molecule has 1 amide bonds. The largest absolute Gasteiger partial charge is 0.355 e. The summed E-state index contributed by atoms with van der Waals surface area (Å²) in [5.41, 5.74) is 0.440. The Morgan fingerprint density at radius 2 is 1.74 bits per heavy atom. The molecule has 2 heterocycles. The minimum Gasteiger partial charge on any atom is -0.355 e. The zero-order valence-electron chi connectivity index (χ0n) is 15.6. The van der Waals surface area contributed by atoms with Crippen molar-refractivity contribution in [3.05, 3.63) is 0 Å². The molecule has 0 aromatic carbocycles. The maximum atomic E-state index is 11.3. The van der Waals surface area contributed by atoms with Crippen LogP contribution in [0.15, 0.2) is 4.99 Å². The van der Waals surface area contributed by atoms with E-state index in [-0.39, 0.29) is 11.4 Å². The van der Waals surface area contributed by atoms with Crippen LogP contribution in [0.2, 0.25) is 0 Å². The predicted molar refractivity (Wildman–Crippen MR) is 94.6 cm³/mol. The Balaban J connectivity index is 1.75. The Hall–Kier alpha value is -1.30. The molecular weight excluding hydrogens is 290 g/mol. The lowest BCUT2D eigenvalue weighted by Crippen LogP contribution is -2.72. The van der Waals surface area contributed by atoms with E-state index in [4.69, 9.17) is 0 Å². The lowest BCUT2D eigenvalue weighted by molar-refractivity contribution is -0.130. The molecule has 132 valence electrons. The molecule has 2 saturated heterocycles. The third-order valence-corrected chi connectivity index (χ3v) is 5.88. The Bertz CT molecular complexity index is 464. The average molecular weight is 323 g/mol. The highest BCUT2D eigenvalue weighted by Gasteiger charge is 2.53. The van der Waals surface area contributed by atoms with E-state index in [1.807, 2.05) is 11.9 Å². The standard InChI is InChI=1S/C17H33N5O/c1-14(23)21-11-9-20(10-12-21)8-7-19-15(18-6)22-13-16(2,3)17(22,4)5/h7-13H2,1-6H3,(H,18,19). The number of carbonyl (C=O) groups excluding carboxylic acids is 1. The minimum absolute atomic E-state index is 0.127. The van der Waals surface area contributed by atoms with Crippen molar-refractivity contribution in [2.24, 2.45) is 10.4 Å². The van der Waals surface area contributed by atoms with Crippen LogP contribution < -0.4 is 5.32 Å². The van der Waals surface area contributed by atoms with Crippen LogP contribution in [0.5, 0.6) is 0 Å². The van der Waals surface area contributed by atoms with Crippen LogP contribution in [0.1, 0.15) is 34.6 Å². The number of rotatable bonds is 3. The van der Waals surface area contributed by atoms with E-state index in [1.54, 1.807) is 6.92 Å². The third kappa shape index (κ3) is 3.62. The van der Waals surface area contributed by atoms with Crippen molar-refractivity contribution in [2.75, 3.05) is 52.9 Å². The summed E-state index contributed by atoms with van der Waals surface area (Å²) in [6.45, 7) is 17.4. The summed E-state index contributed by atoms with van der Waals surface area (Å²) < 4.78 is 0. The molecule has 2 aliphatic rings. The molecule has 6 nitrogen and oxygen atoms in total. The van der Waals surface area contributed by atoms with Gasteiger partial charge in [-0.2, -0.15) is 0 Å². The first kappa shape index (κ1) is 18.0. The maximum absolute atomic E-state index is 11.3. The van der Waals surface area contributed by atoms with E-state index in [9.17, 15) is 4.79 Å². The monoisotopic (exact) mass is 323 g/mol. The van der Waals surface area contributed by atoms with Crippen LogP contribution >= 0.6 is 0 Å². The zero-order valence-corrected chi connectivity index (χ0v) is 15.6. The van der Waals surface area contributed by atoms with Crippen molar-refractivity contribution < 1.29 is 4.79 Å². The minimum atomic E-state index is 0.127. The lowest BCUT2D eigenvalue weighted by atomic mass is 9.65. The van der Waals surface area contributed by atoms with E-state index in [0.717, 1.165) is 51.8 Å². The zero-order chi connectivity index (χ0) is 17.3. The normalized spacial score (nSPS) is 24.3. The molecule has 0 bridgehead atoms. The number of piperazine rings is 1. The quantitative estimate of drug-likeness (QED) is 0.618. The van der Waals surface area contributed by atoms with Crippen LogP contribution in [0.3, 0.4) is 0 Å². The molecule has 0 unspecified atom stereocenters. The molecule has 0 aliphatic carbocycles. The summed E-state index contributed by atoms with van der Waals surface area (Å²) >= 11 is 0. The van der Waals surface area contributed by atoms with Gasteiger partial charge in [0.1, 0.15) is 0 Å². The van der Waals surface area contributed by atoms with Gasteiger partial charge < -0.3 is 15.1 Å². The highest BCUT2D eigenvalue weighted by molar-refractivity contribution is 5.82. The number of guanidine groups is 1. The van der Waals surface area contributed by atoms with E-state index < -0.39 is 0 Å². The fraction of sp³-hybridized carbons (Fsp3) is 0.882. The summed E-state index contributed by atoms with van der Waals surface area (Å²) in [5.74, 6) is 1.18. The van der Waals surface area contributed by atoms with E-state index in [0.29, 0.717) is 5.41 Å². The van der Waals surface area contributed by atoms with Gasteiger partial charge in [-0.1, -0.05) is 13.8 Å². The molecule has 0 atom stereocenters. The van der Waals surface area contributed by atoms with Crippen molar-refractivity contribution in [3.8, 4) is 0 Å². The fourth-order valence-electron chi connectivity index (χ4n) is 3.31. The van der Waals surface area contributed by atoms with Crippen molar-refractivity contribution in [3.63, 3.8) is 0 Å². The topological polar surface area (TPSA) is 51.2 Å². The first-order chi connectivity index (χ1) is 10.7. The van der Waals surface area contributed by atoms with Crippen molar-refractivity contribution in [1.82, 2.24) is 20.0 Å². The average Bonchev–Trinajstić information content (AvgIpc) is 2.50. The van der Waals surface area contributed by atoms with Gasteiger partial charge in [-0.15, -0.1) is 0 Å². The number of hydrogen-bond acceptors (Lipinski definition) is 3. The molecule has 0 aromatic rings. The molecule has 2 aliphatic heterocycles. The Morgan fingerprint density at radius 1 is 1.13 bits per heavy atom. The van der Waals surface area contributed by atoms with Gasteiger partial charge in [-0.05, 0) is 13.8 Å². The van der Waals surface area contributed by atoms with Crippen LogP contribution in [-0.2, 0) is 4.79 Å². The van der Waals surface area contributed by atoms with Crippen molar-refractivity contribution in [1.29, 1.82) is 0 Å². The Kier molecular flexibility index (Phi) is 5.23. The van der Waals surface area contributed by atoms with Gasteiger partial charge in [0, 0.05) is 70.7 Å². The molecule has 23 heavy (non-hydrogen) atoms. The van der Waals surface area contributed by atoms with Crippen LogP contribution in [-0.4, -0.2) is 85.0 Å². The number of nitrogens with zero attached hydrogens (tertiary/aromatic N) is 4. The molecule has 0 aromatic heterocycles. The summed E-state index contributed by atoms with van der Waals surface area (Å²) in [6.07, 6.45) is 0. The maximum Gasteiger partial charge on any atom is 0.219 e. The number of amides is 1. The van der Waals surface area contributed by atoms with Gasteiger partial charge in [-0.25, -0.2) is 0 Å². The molecule has 0 spiro atoms. The molecule has 0 saturated carbocycles. The molecule has 2 rings (SSSR count). The second-order valence-electron chi connectivity index (χ2n) is 7.85. The number of carbonyl (C=O) groups is 1. The number of hydrogen-bond donors (Lipinski definition) is 1. The predicted octanol–water partition coefficient (Wildman–Crippen LogP) is 0.846. The highest BCUT2D eigenvalue weighted by Crippen LogP contribution is 2.46. The van der Waals surface area contributed by atoms with E-state index >= 15 is 0 Å². The summed E-state index contributed by atoms with van der Waals surface area (Å²) in [7, 11) is 1.86. The summed E-state index contributed by atoms with van der Waals surface area (Å²) in [6, 6.07) is 0. The van der Waals surface area contributed by atoms with Crippen LogP contribution in [0.4, 0.5) is 0 Å². The van der Waals surface area contributed by atoms with E-state index in [1.165, 1.54) is 0 Å². The molecule has 6 heteroatoms. The lowest BCUT2D eigenvalue weighted by Gasteiger charge is -2.62. The smallest absolute Gasteiger partial charge is 0.219 e. The Labute approximate surface area is 140 Å². The second kappa shape index (κ2) is 6.67. The Morgan fingerprint density at radius 3 is 2.17 bits per heavy atom. The van der Waals surface area contributed by atoms with Gasteiger partial charge in [0.2, 0.25) is 5.91 Å². The number of nitrogens with one attached hydrogen (secondary N) is 1. The summed E-state index contributed by atoms with van der Waals surface area (Å²) in [4.78, 5) is 22.5.